The number of carbonyl (C=O) groups excluding carboxylic acids is 1. The van der Waals surface area contributed by atoms with Gasteiger partial charge < -0.3 is 4.90 Å². The van der Waals surface area contributed by atoms with Gasteiger partial charge in [0.1, 0.15) is 0 Å². The number of halogens is 6. The lowest BCUT2D eigenvalue weighted by Gasteiger charge is -2.45. The predicted octanol–water partition coefficient (Wildman–Crippen LogP) is 2.77. The Morgan fingerprint density at radius 2 is 1.73 bits per heavy atom. The lowest BCUT2D eigenvalue weighted by Crippen LogP contribution is -2.61. The molecular formula is C13H16F6N2O. The highest BCUT2D eigenvalue weighted by Crippen LogP contribution is 2.55. The minimum atomic E-state index is -5.34. The molecule has 2 saturated heterocycles. The van der Waals surface area contributed by atoms with Crippen molar-refractivity contribution in [3.63, 3.8) is 0 Å². The van der Waals surface area contributed by atoms with E-state index in [1.165, 1.54) is 4.90 Å². The monoisotopic (exact) mass is 330 g/mol. The fraction of sp³-hybridized carbons (Fsp3) is 0.923. The number of β-lactam (4-membered cyclic amide) rings is 1. The fourth-order valence-corrected chi connectivity index (χ4v) is 3.92. The molecule has 3 rings (SSSR count). The van der Waals surface area contributed by atoms with Gasteiger partial charge in [0.2, 0.25) is 5.91 Å². The fourth-order valence-electron chi connectivity index (χ4n) is 3.92. The molecule has 0 aromatic carbocycles. The van der Waals surface area contributed by atoms with E-state index in [0.717, 1.165) is 24.2 Å². The van der Waals surface area contributed by atoms with Crippen molar-refractivity contribution in [3.8, 4) is 0 Å². The molecule has 2 aliphatic heterocycles. The topological polar surface area (TPSA) is 23.6 Å². The smallest absolute Gasteiger partial charge is 0.326 e. The molecule has 0 spiro atoms. The van der Waals surface area contributed by atoms with Crippen molar-refractivity contribution in [3.05, 3.63) is 0 Å². The standard InChI is InChI=1S/C13H16F6N2O/c14-12(15,16)11(13(17,18)19)4-5-20(6-11)7-21-9-3-1-2-8(9)10(21)22/h8-9H,1-7H2. The summed E-state index contributed by atoms with van der Waals surface area (Å²) in [6.07, 6.45) is -9.24. The van der Waals surface area contributed by atoms with Crippen molar-refractivity contribution in [2.75, 3.05) is 19.8 Å². The molecule has 3 nitrogen and oxygen atoms in total. The summed E-state index contributed by atoms with van der Waals surface area (Å²) in [6.45, 7) is -1.56. The molecular weight excluding hydrogens is 314 g/mol. The first kappa shape index (κ1) is 15.9. The zero-order chi connectivity index (χ0) is 16.3. The molecule has 0 aromatic rings. The molecule has 0 N–H and O–H groups in total. The Morgan fingerprint density at radius 1 is 1.09 bits per heavy atom. The highest BCUT2D eigenvalue weighted by atomic mass is 19.4. The third-order valence-electron chi connectivity index (χ3n) is 5.27. The van der Waals surface area contributed by atoms with Crippen LogP contribution in [0.5, 0.6) is 0 Å². The van der Waals surface area contributed by atoms with Crippen LogP contribution in [0.25, 0.3) is 0 Å². The predicted molar refractivity (Wildman–Crippen MR) is 63.6 cm³/mol. The Balaban J connectivity index is 1.70. The first-order valence-corrected chi connectivity index (χ1v) is 7.23. The number of carbonyl (C=O) groups is 1. The number of nitrogens with zero attached hydrogens (tertiary/aromatic N) is 2. The third kappa shape index (κ3) is 2.11. The van der Waals surface area contributed by atoms with Crippen LogP contribution < -0.4 is 0 Å². The highest BCUT2D eigenvalue weighted by molar-refractivity contribution is 5.86. The second-order valence-electron chi connectivity index (χ2n) is 6.43. The maximum absolute atomic E-state index is 13.0. The summed E-state index contributed by atoms with van der Waals surface area (Å²) in [5, 5.41) is 0. The Kier molecular flexibility index (Phi) is 3.43. The number of hydrogen-bond donors (Lipinski definition) is 0. The van der Waals surface area contributed by atoms with E-state index in [9.17, 15) is 31.1 Å². The summed E-state index contributed by atoms with van der Waals surface area (Å²) in [4.78, 5) is 14.4. The first-order valence-electron chi connectivity index (χ1n) is 7.23. The quantitative estimate of drug-likeness (QED) is 0.574. The average Bonchev–Trinajstić information content (AvgIpc) is 2.99. The Morgan fingerprint density at radius 3 is 2.27 bits per heavy atom. The third-order valence-corrected chi connectivity index (χ3v) is 5.27. The molecule has 2 atom stereocenters. The van der Waals surface area contributed by atoms with Crippen molar-refractivity contribution in [1.82, 2.24) is 9.80 Å². The molecule has 9 heteroatoms. The van der Waals surface area contributed by atoms with Gasteiger partial charge in [-0.2, -0.15) is 26.3 Å². The SMILES string of the molecule is O=C1C2CCCC2N1CN1CCC(C(F)(F)F)(C(F)(F)F)C1. The second kappa shape index (κ2) is 4.75. The van der Waals surface area contributed by atoms with Crippen LogP contribution in [0.15, 0.2) is 0 Å². The van der Waals surface area contributed by atoms with E-state index < -0.39 is 30.7 Å². The molecule has 3 fully saturated rings. The van der Waals surface area contributed by atoms with Gasteiger partial charge in [-0.15, -0.1) is 0 Å². The summed E-state index contributed by atoms with van der Waals surface area (Å²) < 4.78 is 77.9. The van der Waals surface area contributed by atoms with Crippen molar-refractivity contribution in [2.24, 2.45) is 11.3 Å². The average molecular weight is 330 g/mol. The zero-order valence-corrected chi connectivity index (χ0v) is 11.7. The molecule has 1 aliphatic carbocycles. The van der Waals surface area contributed by atoms with Crippen LogP contribution in [-0.4, -0.2) is 53.9 Å². The van der Waals surface area contributed by atoms with E-state index in [4.69, 9.17) is 0 Å². The van der Waals surface area contributed by atoms with Gasteiger partial charge >= 0.3 is 12.4 Å². The molecule has 22 heavy (non-hydrogen) atoms. The number of rotatable bonds is 2. The number of fused-ring (bicyclic) bond motifs is 1. The van der Waals surface area contributed by atoms with Gasteiger partial charge in [0.25, 0.3) is 0 Å². The second-order valence-corrected chi connectivity index (χ2v) is 6.43. The van der Waals surface area contributed by atoms with Gasteiger partial charge in [-0.05, 0) is 19.3 Å². The summed E-state index contributed by atoms with van der Waals surface area (Å²) in [7, 11) is 0. The van der Waals surface area contributed by atoms with Crippen molar-refractivity contribution >= 4 is 5.91 Å². The van der Waals surface area contributed by atoms with Crippen LogP contribution in [0.3, 0.4) is 0 Å². The maximum atomic E-state index is 13.0. The van der Waals surface area contributed by atoms with Gasteiger partial charge in [-0.1, -0.05) is 6.42 Å². The van der Waals surface area contributed by atoms with Gasteiger partial charge in [-0.3, -0.25) is 9.69 Å². The van der Waals surface area contributed by atoms with Crippen molar-refractivity contribution in [1.29, 1.82) is 0 Å². The Labute approximate surface area is 123 Å². The first-order chi connectivity index (χ1) is 10.1. The van der Waals surface area contributed by atoms with E-state index in [0.29, 0.717) is 0 Å². The van der Waals surface area contributed by atoms with Gasteiger partial charge in [-0.25, -0.2) is 0 Å². The summed E-state index contributed by atoms with van der Waals surface area (Å²) in [5.74, 6) is -0.211. The number of likely N-dealkylation sites (tertiary alicyclic amines) is 2. The van der Waals surface area contributed by atoms with Crippen molar-refractivity contribution < 1.29 is 31.1 Å². The number of hydrogen-bond acceptors (Lipinski definition) is 2. The summed E-state index contributed by atoms with van der Waals surface area (Å²) >= 11 is 0. The van der Waals surface area contributed by atoms with E-state index in [1.54, 1.807) is 0 Å². The lowest BCUT2D eigenvalue weighted by atomic mass is 9.85. The summed E-state index contributed by atoms with van der Waals surface area (Å²) in [6, 6.07) is -0.000673. The van der Waals surface area contributed by atoms with Crippen LogP contribution in [0.4, 0.5) is 26.3 Å². The van der Waals surface area contributed by atoms with Crippen LogP contribution in [-0.2, 0) is 4.79 Å². The van der Waals surface area contributed by atoms with Gasteiger partial charge in [0, 0.05) is 19.1 Å². The van der Waals surface area contributed by atoms with Crippen LogP contribution in [0.1, 0.15) is 25.7 Å². The number of amides is 1. The molecule has 2 unspecified atom stereocenters. The van der Waals surface area contributed by atoms with Crippen LogP contribution in [0.2, 0.25) is 0 Å². The minimum absolute atomic E-state index is 0.000673. The zero-order valence-electron chi connectivity index (χ0n) is 11.7. The van der Waals surface area contributed by atoms with Crippen LogP contribution in [0, 0.1) is 11.3 Å². The molecule has 126 valence electrons. The van der Waals surface area contributed by atoms with E-state index >= 15 is 0 Å². The van der Waals surface area contributed by atoms with Gasteiger partial charge in [0.05, 0.1) is 12.6 Å². The lowest BCUT2D eigenvalue weighted by molar-refractivity contribution is -0.335. The molecule has 0 bridgehead atoms. The summed E-state index contributed by atoms with van der Waals surface area (Å²) in [5.41, 5.74) is -3.68. The van der Waals surface area contributed by atoms with Gasteiger partial charge in [0.15, 0.2) is 5.41 Å². The molecule has 3 aliphatic rings. The van der Waals surface area contributed by atoms with E-state index in [1.807, 2.05) is 0 Å². The molecule has 1 saturated carbocycles. The Hall–Kier alpha value is -0.990. The Bertz CT molecular complexity index is 460. The molecule has 1 amide bonds. The molecule has 0 aromatic heterocycles. The largest absolute Gasteiger partial charge is 0.404 e. The highest BCUT2D eigenvalue weighted by Gasteiger charge is 2.72. The number of alkyl halides is 6. The van der Waals surface area contributed by atoms with E-state index in [2.05, 4.69) is 0 Å². The van der Waals surface area contributed by atoms with Crippen LogP contribution >= 0.6 is 0 Å². The van der Waals surface area contributed by atoms with E-state index in [-0.39, 0.29) is 31.1 Å². The molecule has 2 heterocycles. The maximum Gasteiger partial charge on any atom is 0.404 e. The normalized spacial score (nSPS) is 32.3. The van der Waals surface area contributed by atoms with Crippen molar-refractivity contribution in [2.45, 2.75) is 44.1 Å². The molecule has 0 radical (unpaired) electrons. The minimum Gasteiger partial charge on any atom is -0.326 e.